The number of nitrogens with two attached hydrogens (primary N) is 1. The third kappa shape index (κ3) is 2.47. The number of rotatable bonds is 1. The molecule has 6 heteroatoms. The van der Waals surface area contributed by atoms with Crippen LogP contribution in [0.5, 0.6) is 0 Å². The van der Waals surface area contributed by atoms with Crippen molar-refractivity contribution >= 4 is 11.8 Å². The summed E-state index contributed by atoms with van der Waals surface area (Å²) in [7, 11) is 0. The van der Waals surface area contributed by atoms with E-state index in [2.05, 4.69) is 20.2 Å². The molecule has 1 aliphatic rings. The van der Waals surface area contributed by atoms with Crippen LogP contribution in [-0.4, -0.2) is 36.1 Å². The maximum atomic E-state index is 11.2. The molecule has 82 valence electrons. The molecule has 0 aromatic carbocycles. The largest absolute Gasteiger partial charge is 0.369 e. The first-order valence-corrected chi connectivity index (χ1v) is 5.08. The molecule has 1 aromatic rings. The zero-order valence-electron chi connectivity index (χ0n) is 8.49. The second kappa shape index (κ2) is 4.31. The van der Waals surface area contributed by atoms with Gasteiger partial charge >= 0.3 is 0 Å². The number of nitrogens with one attached hydrogen (secondary N) is 2. The van der Waals surface area contributed by atoms with Crippen LogP contribution in [0, 0.1) is 0 Å². The molecule has 0 unspecified atom stereocenters. The SMILES string of the molecule is Nc1nc(N2CCCNCC2)cc(=O)[nH]1. The van der Waals surface area contributed by atoms with Gasteiger partial charge in [-0.05, 0) is 13.0 Å². The van der Waals surface area contributed by atoms with E-state index in [1.807, 2.05) is 0 Å². The van der Waals surface area contributed by atoms with E-state index in [9.17, 15) is 4.79 Å². The van der Waals surface area contributed by atoms with E-state index in [0.29, 0.717) is 5.82 Å². The van der Waals surface area contributed by atoms with Crippen LogP contribution in [-0.2, 0) is 0 Å². The van der Waals surface area contributed by atoms with Crippen LogP contribution in [0.3, 0.4) is 0 Å². The van der Waals surface area contributed by atoms with E-state index in [-0.39, 0.29) is 11.5 Å². The van der Waals surface area contributed by atoms with E-state index >= 15 is 0 Å². The molecule has 0 atom stereocenters. The lowest BCUT2D eigenvalue weighted by Gasteiger charge is -2.20. The predicted molar refractivity (Wildman–Crippen MR) is 59.0 cm³/mol. The minimum atomic E-state index is -0.199. The molecule has 0 radical (unpaired) electrons. The van der Waals surface area contributed by atoms with Crippen molar-refractivity contribution in [3.05, 3.63) is 16.4 Å². The van der Waals surface area contributed by atoms with Crippen LogP contribution in [0.25, 0.3) is 0 Å². The van der Waals surface area contributed by atoms with Gasteiger partial charge in [-0.25, -0.2) is 0 Å². The summed E-state index contributed by atoms with van der Waals surface area (Å²) in [6, 6.07) is 1.49. The molecule has 4 N–H and O–H groups in total. The number of nitrogen functional groups attached to an aromatic ring is 1. The fraction of sp³-hybridized carbons (Fsp3) is 0.556. The predicted octanol–water partition coefficient (Wildman–Crippen LogP) is -0.848. The number of H-pyrrole nitrogens is 1. The lowest BCUT2D eigenvalue weighted by atomic mass is 10.4. The van der Waals surface area contributed by atoms with Gasteiger partial charge in [-0.15, -0.1) is 0 Å². The van der Waals surface area contributed by atoms with Gasteiger partial charge in [0.1, 0.15) is 5.82 Å². The summed E-state index contributed by atoms with van der Waals surface area (Å²) in [6.07, 6.45) is 1.05. The number of hydrogen-bond donors (Lipinski definition) is 3. The van der Waals surface area contributed by atoms with Crippen LogP contribution in [0.2, 0.25) is 0 Å². The van der Waals surface area contributed by atoms with Gasteiger partial charge in [-0.1, -0.05) is 0 Å². The van der Waals surface area contributed by atoms with E-state index in [0.717, 1.165) is 32.6 Å². The summed E-state index contributed by atoms with van der Waals surface area (Å²) < 4.78 is 0. The molecule has 1 aliphatic heterocycles. The molecular weight excluding hydrogens is 194 g/mol. The summed E-state index contributed by atoms with van der Waals surface area (Å²) in [5.41, 5.74) is 5.30. The monoisotopic (exact) mass is 209 g/mol. The Morgan fingerprint density at radius 3 is 3.07 bits per heavy atom. The van der Waals surface area contributed by atoms with Crippen molar-refractivity contribution < 1.29 is 0 Å². The minimum Gasteiger partial charge on any atom is -0.369 e. The van der Waals surface area contributed by atoms with Gasteiger partial charge in [-0.2, -0.15) is 4.98 Å². The van der Waals surface area contributed by atoms with Crippen molar-refractivity contribution in [2.75, 3.05) is 36.8 Å². The Hall–Kier alpha value is -1.56. The molecular formula is C9H15N5O. The number of nitrogens with zero attached hydrogens (tertiary/aromatic N) is 2. The fourth-order valence-electron chi connectivity index (χ4n) is 1.70. The molecule has 1 fully saturated rings. The molecule has 0 bridgehead atoms. The van der Waals surface area contributed by atoms with Gasteiger partial charge in [0.25, 0.3) is 5.56 Å². The van der Waals surface area contributed by atoms with Crippen LogP contribution >= 0.6 is 0 Å². The fourth-order valence-corrected chi connectivity index (χ4v) is 1.70. The first-order valence-electron chi connectivity index (χ1n) is 5.08. The Bertz CT molecular complexity index is 380. The molecule has 0 amide bonds. The molecule has 15 heavy (non-hydrogen) atoms. The van der Waals surface area contributed by atoms with Crippen molar-refractivity contribution in [2.24, 2.45) is 0 Å². The Balaban J connectivity index is 2.23. The summed E-state index contributed by atoms with van der Waals surface area (Å²) in [6.45, 7) is 3.68. The quantitative estimate of drug-likeness (QED) is 0.561. The van der Waals surface area contributed by atoms with Crippen molar-refractivity contribution in [2.45, 2.75) is 6.42 Å². The highest BCUT2D eigenvalue weighted by Gasteiger charge is 2.11. The maximum Gasteiger partial charge on any atom is 0.254 e. The zero-order valence-corrected chi connectivity index (χ0v) is 8.49. The van der Waals surface area contributed by atoms with Crippen LogP contribution in [0.4, 0.5) is 11.8 Å². The number of aromatic amines is 1. The van der Waals surface area contributed by atoms with Crippen molar-refractivity contribution in [3.8, 4) is 0 Å². The number of hydrogen-bond acceptors (Lipinski definition) is 5. The third-order valence-electron chi connectivity index (χ3n) is 2.41. The Labute approximate surface area is 87.5 Å². The van der Waals surface area contributed by atoms with E-state index in [1.165, 1.54) is 6.07 Å². The average molecular weight is 209 g/mol. The highest BCUT2D eigenvalue weighted by molar-refractivity contribution is 5.40. The summed E-state index contributed by atoms with van der Waals surface area (Å²) in [4.78, 5) is 19.9. The summed E-state index contributed by atoms with van der Waals surface area (Å²) in [5.74, 6) is 0.842. The second-order valence-corrected chi connectivity index (χ2v) is 3.58. The molecule has 0 saturated carbocycles. The third-order valence-corrected chi connectivity index (χ3v) is 2.41. The molecule has 1 aromatic heterocycles. The van der Waals surface area contributed by atoms with Crippen molar-refractivity contribution in [1.82, 2.24) is 15.3 Å². The van der Waals surface area contributed by atoms with E-state index in [1.54, 1.807) is 0 Å². The van der Waals surface area contributed by atoms with Crippen LogP contribution < -0.4 is 21.5 Å². The summed E-state index contributed by atoms with van der Waals surface area (Å²) in [5, 5.41) is 3.29. The molecule has 2 rings (SSSR count). The Kier molecular flexibility index (Phi) is 2.86. The molecule has 2 heterocycles. The molecule has 0 spiro atoms. The van der Waals surface area contributed by atoms with Crippen molar-refractivity contribution in [1.29, 1.82) is 0 Å². The Morgan fingerprint density at radius 1 is 1.40 bits per heavy atom. The maximum absolute atomic E-state index is 11.2. The van der Waals surface area contributed by atoms with Gasteiger partial charge in [0.2, 0.25) is 5.95 Å². The van der Waals surface area contributed by atoms with Gasteiger partial charge in [0, 0.05) is 25.7 Å². The normalized spacial score (nSPS) is 17.5. The van der Waals surface area contributed by atoms with Crippen molar-refractivity contribution in [3.63, 3.8) is 0 Å². The van der Waals surface area contributed by atoms with Gasteiger partial charge < -0.3 is 16.0 Å². The second-order valence-electron chi connectivity index (χ2n) is 3.58. The molecule has 6 nitrogen and oxygen atoms in total. The highest BCUT2D eigenvalue weighted by Crippen LogP contribution is 2.09. The molecule has 0 aliphatic carbocycles. The first-order chi connectivity index (χ1) is 7.25. The van der Waals surface area contributed by atoms with Gasteiger partial charge in [0.05, 0.1) is 0 Å². The first kappa shape index (κ1) is 9.97. The lowest BCUT2D eigenvalue weighted by Crippen LogP contribution is -2.30. The Morgan fingerprint density at radius 2 is 2.27 bits per heavy atom. The highest BCUT2D eigenvalue weighted by atomic mass is 16.1. The van der Waals surface area contributed by atoms with Crippen LogP contribution in [0.15, 0.2) is 10.9 Å². The number of aromatic nitrogens is 2. The standard InChI is InChI=1S/C9H15N5O/c10-9-12-7(6-8(15)13-9)14-4-1-2-11-3-5-14/h6,11H,1-5H2,(H3,10,12,13,15). The van der Waals surface area contributed by atoms with E-state index in [4.69, 9.17) is 5.73 Å². The smallest absolute Gasteiger partial charge is 0.254 e. The zero-order chi connectivity index (χ0) is 10.7. The lowest BCUT2D eigenvalue weighted by molar-refractivity contribution is 0.724. The van der Waals surface area contributed by atoms with E-state index < -0.39 is 0 Å². The van der Waals surface area contributed by atoms with Gasteiger partial charge in [0.15, 0.2) is 0 Å². The minimum absolute atomic E-state index is 0.176. The summed E-state index contributed by atoms with van der Waals surface area (Å²) >= 11 is 0. The number of anilines is 2. The van der Waals surface area contributed by atoms with Crippen LogP contribution in [0.1, 0.15) is 6.42 Å². The molecule has 1 saturated heterocycles. The van der Waals surface area contributed by atoms with Gasteiger partial charge in [-0.3, -0.25) is 9.78 Å². The average Bonchev–Trinajstić information content (AvgIpc) is 2.43. The topological polar surface area (TPSA) is 87.0 Å².